The molecule has 0 saturated carbocycles. The Morgan fingerprint density at radius 3 is 2.75 bits per heavy atom. The standard InChI is InChI=1S/C11H13ClN2S2/c1-4-15-5-8-13-10(12)9-6(2)7(3)16-11(9)14-8/h4-5H2,1-3H3. The number of nitrogens with zero attached hydrogens (tertiary/aromatic N) is 2. The van der Waals surface area contributed by atoms with Crippen molar-refractivity contribution in [2.75, 3.05) is 5.75 Å². The van der Waals surface area contributed by atoms with E-state index in [1.165, 1.54) is 10.4 Å². The van der Waals surface area contributed by atoms with Gasteiger partial charge in [0.1, 0.15) is 15.8 Å². The zero-order valence-corrected chi connectivity index (χ0v) is 11.9. The Morgan fingerprint density at radius 2 is 2.06 bits per heavy atom. The molecule has 0 radical (unpaired) electrons. The smallest absolute Gasteiger partial charge is 0.141 e. The minimum atomic E-state index is 0.596. The third-order valence-corrected chi connectivity index (χ3v) is 4.71. The van der Waals surface area contributed by atoms with Crippen LogP contribution in [-0.4, -0.2) is 15.7 Å². The van der Waals surface area contributed by atoms with Gasteiger partial charge in [-0.05, 0) is 25.2 Å². The zero-order valence-electron chi connectivity index (χ0n) is 9.50. The molecule has 0 aliphatic carbocycles. The first-order valence-electron chi connectivity index (χ1n) is 5.13. The van der Waals surface area contributed by atoms with Gasteiger partial charge in [0.2, 0.25) is 0 Å². The molecule has 16 heavy (non-hydrogen) atoms. The molecule has 2 rings (SSSR count). The lowest BCUT2D eigenvalue weighted by Gasteiger charge is -2.00. The van der Waals surface area contributed by atoms with Crippen LogP contribution >= 0.6 is 34.7 Å². The molecule has 86 valence electrons. The van der Waals surface area contributed by atoms with Gasteiger partial charge in [0.05, 0.1) is 11.1 Å². The Labute approximate surface area is 108 Å². The predicted molar refractivity (Wildman–Crippen MR) is 73.7 cm³/mol. The van der Waals surface area contributed by atoms with E-state index < -0.39 is 0 Å². The molecule has 0 saturated heterocycles. The summed E-state index contributed by atoms with van der Waals surface area (Å²) in [5.74, 6) is 2.74. The molecule has 2 heterocycles. The molecule has 0 spiro atoms. The van der Waals surface area contributed by atoms with E-state index in [1.54, 1.807) is 11.3 Å². The van der Waals surface area contributed by atoms with Crippen molar-refractivity contribution in [3.63, 3.8) is 0 Å². The average molecular weight is 273 g/mol. The number of thioether (sulfide) groups is 1. The number of fused-ring (bicyclic) bond motifs is 1. The van der Waals surface area contributed by atoms with E-state index in [9.17, 15) is 0 Å². The van der Waals surface area contributed by atoms with Crippen molar-refractivity contribution in [3.05, 3.63) is 21.4 Å². The van der Waals surface area contributed by atoms with Crippen LogP contribution in [0.15, 0.2) is 0 Å². The highest BCUT2D eigenvalue weighted by Gasteiger charge is 2.12. The number of hydrogen-bond acceptors (Lipinski definition) is 4. The van der Waals surface area contributed by atoms with Crippen LogP contribution < -0.4 is 0 Å². The second kappa shape index (κ2) is 4.90. The molecule has 5 heteroatoms. The molecular weight excluding hydrogens is 260 g/mol. The van der Waals surface area contributed by atoms with E-state index in [4.69, 9.17) is 11.6 Å². The van der Waals surface area contributed by atoms with Crippen LogP contribution in [0.1, 0.15) is 23.2 Å². The van der Waals surface area contributed by atoms with E-state index in [2.05, 4.69) is 30.7 Å². The fourth-order valence-corrected chi connectivity index (χ4v) is 3.45. The van der Waals surface area contributed by atoms with Crippen molar-refractivity contribution in [3.8, 4) is 0 Å². The summed E-state index contributed by atoms with van der Waals surface area (Å²) in [7, 11) is 0. The van der Waals surface area contributed by atoms with E-state index in [-0.39, 0.29) is 0 Å². The molecule has 0 aromatic carbocycles. The molecule has 0 atom stereocenters. The van der Waals surface area contributed by atoms with Crippen molar-refractivity contribution < 1.29 is 0 Å². The lowest BCUT2D eigenvalue weighted by atomic mass is 10.2. The highest BCUT2D eigenvalue weighted by Crippen LogP contribution is 2.33. The Hall–Kier alpha value is -0.320. The van der Waals surface area contributed by atoms with Crippen molar-refractivity contribution in [1.29, 1.82) is 0 Å². The number of halogens is 1. The number of aromatic nitrogens is 2. The summed E-state index contributed by atoms with van der Waals surface area (Å²) in [6, 6.07) is 0. The van der Waals surface area contributed by atoms with Crippen molar-refractivity contribution in [1.82, 2.24) is 9.97 Å². The predicted octanol–water partition coefficient (Wildman–Crippen LogP) is 4.21. The lowest BCUT2D eigenvalue weighted by molar-refractivity contribution is 1.07. The van der Waals surface area contributed by atoms with Crippen LogP contribution in [0.5, 0.6) is 0 Å². The first-order valence-corrected chi connectivity index (χ1v) is 7.48. The van der Waals surface area contributed by atoms with Gasteiger partial charge in [-0.15, -0.1) is 11.3 Å². The Morgan fingerprint density at radius 1 is 1.31 bits per heavy atom. The van der Waals surface area contributed by atoms with E-state index >= 15 is 0 Å². The summed E-state index contributed by atoms with van der Waals surface area (Å²) in [6.07, 6.45) is 0. The van der Waals surface area contributed by atoms with Crippen molar-refractivity contribution in [2.45, 2.75) is 26.5 Å². The first kappa shape index (κ1) is 12.1. The molecule has 0 fully saturated rings. The molecule has 2 aromatic heterocycles. The van der Waals surface area contributed by atoms with Gasteiger partial charge in [-0.2, -0.15) is 11.8 Å². The lowest BCUT2D eigenvalue weighted by Crippen LogP contribution is -1.93. The van der Waals surface area contributed by atoms with Crippen LogP contribution in [0, 0.1) is 13.8 Å². The van der Waals surface area contributed by atoms with Gasteiger partial charge >= 0.3 is 0 Å². The van der Waals surface area contributed by atoms with Gasteiger partial charge in [-0.1, -0.05) is 18.5 Å². The van der Waals surface area contributed by atoms with Crippen molar-refractivity contribution >= 4 is 44.9 Å². The maximum atomic E-state index is 6.21. The van der Waals surface area contributed by atoms with Gasteiger partial charge in [0, 0.05) is 4.88 Å². The average Bonchev–Trinajstić information content (AvgIpc) is 2.52. The molecule has 0 aliphatic rings. The number of thiophene rings is 1. The van der Waals surface area contributed by atoms with Gasteiger partial charge in [-0.25, -0.2) is 9.97 Å². The summed E-state index contributed by atoms with van der Waals surface area (Å²) < 4.78 is 0. The van der Waals surface area contributed by atoms with Crippen LogP contribution in [0.3, 0.4) is 0 Å². The zero-order chi connectivity index (χ0) is 11.7. The summed E-state index contributed by atoms with van der Waals surface area (Å²) in [6.45, 7) is 6.30. The SMILES string of the molecule is CCSCc1nc(Cl)c2c(C)c(C)sc2n1. The number of aryl methyl sites for hydroxylation is 2. The minimum absolute atomic E-state index is 0.596. The van der Waals surface area contributed by atoms with Gasteiger partial charge in [0.15, 0.2) is 0 Å². The van der Waals surface area contributed by atoms with Gasteiger partial charge in [-0.3, -0.25) is 0 Å². The summed E-state index contributed by atoms with van der Waals surface area (Å²) in [5.41, 5.74) is 1.21. The molecule has 0 bridgehead atoms. The molecule has 2 nitrogen and oxygen atoms in total. The molecule has 2 aromatic rings. The van der Waals surface area contributed by atoms with Crippen LogP contribution in [0.25, 0.3) is 10.2 Å². The molecule has 0 aliphatic heterocycles. The monoisotopic (exact) mass is 272 g/mol. The first-order chi connectivity index (χ1) is 7.63. The maximum absolute atomic E-state index is 6.21. The highest BCUT2D eigenvalue weighted by molar-refractivity contribution is 7.98. The second-order valence-electron chi connectivity index (χ2n) is 3.53. The highest BCUT2D eigenvalue weighted by atomic mass is 35.5. The minimum Gasteiger partial charge on any atom is -0.221 e. The Bertz CT molecular complexity index is 522. The molecular formula is C11H13ClN2S2. The van der Waals surface area contributed by atoms with E-state index in [1.807, 2.05) is 11.8 Å². The normalized spacial score (nSPS) is 11.2. The third-order valence-electron chi connectivity index (χ3n) is 2.47. The fraction of sp³-hybridized carbons (Fsp3) is 0.455. The third kappa shape index (κ3) is 2.19. The Balaban J connectivity index is 2.51. The van der Waals surface area contributed by atoms with Crippen molar-refractivity contribution in [2.24, 2.45) is 0 Å². The fourth-order valence-electron chi connectivity index (χ4n) is 1.50. The second-order valence-corrected chi connectivity index (χ2v) is 6.37. The molecule has 0 amide bonds. The van der Waals surface area contributed by atoms with E-state index in [0.717, 1.165) is 27.5 Å². The van der Waals surface area contributed by atoms with Crippen LogP contribution in [0.4, 0.5) is 0 Å². The van der Waals surface area contributed by atoms with Gasteiger partial charge in [0.25, 0.3) is 0 Å². The Kier molecular flexibility index (Phi) is 3.72. The number of rotatable bonds is 3. The summed E-state index contributed by atoms with van der Waals surface area (Å²) >= 11 is 9.71. The molecule has 0 unspecified atom stereocenters. The quantitative estimate of drug-likeness (QED) is 0.783. The van der Waals surface area contributed by atoms with E-state index in [0.29, 0.717) is 5.15 Å². The largest absolute Gasteiger partial charge is 0.221 e. The van der Waals surface area contributed by atoms with Gasteiger partial charge < -0.3 is 0 Å². The number of hydrogen-bond donors (Lipinski definition) is 0. The molecule has 0 N–H and O–H groups in total. The topological polar surface area (TPSA) is 25.8 Å². The summed E-state index contributed by atoms with van der Waals surface area (Å²) in [5, 5.41) is 1.62. The maximum Gasteiger partial charge on any atom is 0.141 e. The van der Waals surface area contributed by atoms with Crippen LogP contribution in [-0.2, 0) is 5.75 Å². The summed E-state index contributed by atoms with van der Waals surface area (Å²) in [4.78, 5) is 11.2. The van der Waals surface area contributed by atoms with Crippen LogP contribution in [0.2, 0.25) is 5.15 Å².